The lowest BCUT2D eigenvalue weighted by Gasteiger charge is -2.38. The molecule has 2 N–H and O–H groups in total. The van der Waals surface area contributed by atoms with Crippen LogP contribution in [0.4, 0.5) is 0 Å². The lowest BCUT2D eigenvalue weighted by Crippen LogP contribution is -2.59. The zero-order valence-electron chi connectivity index (χ0n) is 16.8. The number of halogens is 1. The van der Waals surface area contributed by atoms with Crippen molar-refractivity contribution in [2.24, 2.45) is 5.92 Å². The Bertz CT molecular complexity index is 762. The number of nitrogens with zero attached hydrogens (tertiary/aromatic N) is 2. The molecular formula is C18H31ClN4O4S. The van der Waals surface area contributed by atoms with Crippen molar-refractivity contribution in [1.29, 1.82) is 0 Å². The van der Waals surface area contributed by atoms with Gasteiger partial charge in [-0.15, -0.1) is 12.4 Å². The SMILES string of the molecule is CNCC1CCN(C(=O)C2(NS(=O)(=O)c3c(C)noc3C)CCCC2)CC1.Cl. The molecule has 0 atom stereocenters. The van der Waals surface area contributed by atoms with Gasteiger partial charge < -0.3 is 14.7 Å². The smallest absolute Gasteiger partial charge is 0.246 e. The molecule has 0 aromatic carbocycles. The summed E-state index contributed by atoms with van der Waals surface area (Å²) in [5.74, 6) is 0.726. The van der Waals surface area contributed by atoms with Crippen LogP contribution in [0.1, 0.15) is 50.0 Å². The maximum atomic E-state index is 13.3. The molecule has 1 aliphatic heterocycles. The molecule has 3 rings (SSSR count). The van der Waals surface area contributed by atoms with Crippen molar-refractivity contribution in [1.82, 2.24) is 20.1 Å². The van der Waals surface area contributed by atoms with Gasteiger partial charge in [0.1, 0.15) is 16.1 Å². The van der Waals surface area contributed by atoms with E-state index in [9.17, 15) is 13.2 Å². The number of amides is 1. The quantitative estimate of drug-likeness (QED) is 0.706. The van der Waals surface area contributed by atoms with Gasteiger partial charge in [-0.05, 0) is 59.0 Å². The Morgan fingerprint density at radius 3 is 2.36 bits per heavy atom. The fraction of sp³-hybridized carbons (Fsp3) is 0.778. The van der Waals surface area contributed by atoms with Crippen LogP contribution in [0.15, 0.2) is 9.42 Å². The first-order chi connectivity index (χ1) is 12.8. The second kappa shape index (κ2) is 9.11. The number of piperidine rings is 1. The first-order valence-electron chi connectivity index (χ1n) is 9.70. The molecule has 1 aliphatic carbocycles. The van der Waals surface area contributed by atoms with Crippen LogP contribution in [0.25, 0.3) is 0 Å². The number of aromatic nitrogens is 1. The number of hydrogen-bond acceptors (Lipinski definition) is 6. The Kier molecular flexibility index (Phi) is 7.52. The van der Waals surface area contributed by atoms with E-state index < -0.39 is 15.6 Å². The molecule has 1 amide bonds. The molecule has 1 aromatic heterocycles. The number of aryl methyl sites for hydroxylation is 2. The molecule has 1 saturated heterocycles. The summed E-state index contributed by atoms with van der Waals surface area (Å²) < 4.78 is 33.8. The predicted molar refractivity (Wildman–Crippen MR) is 108 cm³/mol. The van der Waals surface area contributed by atoms with E-state index in [1.54, 1.807) is 13.8 Å². The summed E-state index contributed by atoms with van der Waals surface area (Å²) in [6.07, 6.45) is 4.63. The average Bonchev–Trinajstić information content (AvgIpc) is 3.22. The highest BCUT2D eigenvalue weighted by Gasteiger charge is 2.47. The summed E-state index contributed by atoms with van der Waals surface area (Å²) in [4.78, 5) is 15.2. The van der Waals surface area contributed by atoms with Gasteiger partial charge in [0.25, 0.3) is 0 Å². The van der Waals surface area contributed by atoms with E-state index >= 15 is 0 Å². The Hall–Kier alpha value is -1.16. The number of hydrogen-bond donors (Lipinski definition) is 2. The van der Waals surface area contributed by atoms with Crippen LogP contribution in [0.5, 0.6) is 0 Å². The van der Waals surface area contributed by atoms with Gasteiger partial charge in [-0.2, -0.15) is 4.72 Å². The van der Waals surface area contributed by atoms with Crippen molar-refractivity contribution in [3.8, 4) is 0 Å². The minimum Gasteiger partial charge on any atom is -0.360 e. The third-order valence-corrected chi connectivity index (χ3v) is 7.61. The van der Waals surface area contributed by atoms with Crippen LogP contribution in [-0.4, -0.2) is 56.6 Å². The van der Waals surface area contributed by atoms with Crippen LogP contribution in [0, 0.1) is 19.8 Å². The predicted octanol–water partition coefficient (Wildman–Crippen LogP) is 1.76. The van der Waals surface area contributed by atoms with Gasteiger partial charge in [-0.25, -0.2) is 8.42 Å². The van der Waals surface area contributed by atoms with Crippen molar-refractivity contribution in [2.75, 3.05) is 26.7 Å². The Balaban J connectivity index is 0.00000280. The van der Waals surface area contributed by atoms with E-state index in [1.165, 1.54) is 0 Å². The number of carbonyl (C=O) groups is 1. The van der Waals surface area contributed by atoms with E-state index in [-0.39, 0.29) is 29.0 Å². The van der Waals surface area contributed by atoms with Crippen molar-refractivity contribution in [3.05, 3.63) is 11.5 Å². The molecule has 0 spiro atoms. The summed E-state index contributed by atoms with van der Waals surface area (Å²) in [6, 6.07) is 0. The molecule has 0 unspecified atom stereocenters. The minimum absolute atomic E-state index is 0. The maximum absolute atomic E-state index is 13.3. The fourth-order valence-corrected chi connectivity index (χ4v) is 6.19. The third kappa shape index (κ3) is 4.53. The van der Waals surface area contributed by atoms with E-state index in [4.69, 9.17) is 4.52 Å². The Labute approximate surface area is 173 Å². The number of likely N-dealkylation sites (tertiary alicyclic amines) is 1. The molecule has 10 heteroatoms. The van der Waals surface area contributed by atoms with Gasteiger partial charge in [0.05, 0.1) is 0 Å². The first kappa shape index (κ1) is 23.1. The van der Waals surface area contributed by atoms with Gasteiger partial charge in [-0.3, -0.25) is 4.79 Å². The summed E-state index contributed by atoms with van der Waals surface area (Å²) in [5, 5.41) is 6.94. The summed E-state index contributed by atoms with van der Waals surface area (Å²) >= 11 is 0. The van der Waals surface area contributed by atoms with Crippen molar-refractivity contribution in [3.63, 3.8) is 0 Å². The lowest BCUT2D eigenvalue weighted by atomic mass is 9.92. The van der Waals surface area contributed by atoms with E-state index in [1.807, 2.05) is 11.9 Å². The van der Waals surface area contributed by atoms with Crippen LogP contribution in [0.2, 0.25) is 0 Å². The van der Waals surface area contributed by atoms with Crippen molar-refractivity contribution >= 4 is 28.3 Å². The highest BCUT2D eigenvalue weighted by Crippen LogP contribution is 2.35. The monoisotopic (exact) mass is 434 g/mol. The lowest BCUT2D eigenvalue weighted by molar-refractivity contribution is -0.138. The molecule has 2 heterocycles. The minimum atomic E-state index is -3.89. The Morgan fingerprint density at radius 1 is 1.25 bits per heavy atom. The summed E-state index contributed by atoms with van der Waals surface area (Å²) in [5.41, 5.74) is -0.737. The van der Waals surface area contributed by atoms with Gasteiger partial charge >= 0.3 is 0 Å². The molecular weight excluding hydrogens is 404 g/mol. The molecule has 28 heavy (non-hydrogen) atoms. The van der Waals surface area contributed by atoms with E-state index in [0.717, 1.165) is 32.2 Å². The largest absolute Gasteiger partial charge is 0.360 e. The van der Waals surface area contributed by atoms with Crippen LogP contribution in [-0.2, 0) is 14.8 Å². The molecule has 8 nitrogen and oxygen atoms in total. The highest BCUT2D eigenvalue weighted by molar-refractivity contribution is 7.89. The summed E-state index contributed by atoms with van der Waals surface area (Å²) in [6.45, 7) is 5.48. The van der Waals surface area contributed by atoms with E-state index in [0.29, 0.717) is 37.5 Å². The molecule has 0 bridgehead atoms. The standard InChI is InChI=1S/C18H30N4O4S.ClH/c1-13-16(14(2)26-20-13)27(24,25)21-18(8-4-5-9-18)17(23)22-10-6-15(7-11-22)12-19-3;/h15,19,21H,4-12H2,1-3H3;1H. The zero-order valence-corrected chi connectivity index (χ0v) is 18.4. The number of nitrogens with one attached hydrogen (secondary N) is 2. The average molecular weight is 435 g/mol. The van der Waals surface area contributed by atoms with Gasteiger partial charge in [-0.1, -0.05) is 18.0 Å². The molecule has 1 saturated carbocycles. The van der Waals surface area contributed by atoms with Crippen molar-refractivity contribution < 1.29 is 17.7 Å². The molecule has 1 aromatic rings. The third-order valence-electron chi connectivity index (χ3n) is 5.83. The number of rotatable bonds is 6. The topological polar surface area (TPSA) is 105 Å². The normalized spacial score (nSPS) is 20.2. The first-order valence-corrected chi connectivity index (χ1v) is 11.2. The maximum Gasteiger partial charge on any atom is 0.246 e. The number of carbonyl (C=O) groups excluding carboxylic acids is 1. The Morgan fingerprint density at radius 2 is 1.86 bits per heavy atom. The van der Waals surface area contributed by atoms with Gasteiger partial charge in [0.15, 0.2) is 5.76 Å². The van der Waals surface area contributed by atoms with Crippen molar-refractivity contribution in [2.45, 2.75) is 62.8 Å². The summed E-state index contributed by atoms with van der Waals surface area (Å²) in [7, 11) is -1.95. The zero-order chi connectivity index (χ0) is 19.7. The highest BCUT2D eigenvalue weighted by atomic mass is 35.5. The second-order valence-corrected chi connectivity index (χ2v) is 9.46. The fourth-order valence-electron chi connectivity index (χ4n) is 4.44. The molecule has 0 radical (unpaired) electrons. The van der Waals surface area contributed by atoms with Crippen LogP contribution >= 0.6 is 12.4 Å². The molecule has 2 fully saturated rings. The van der Waals surface area contributed by atoms with Crippen LogP contribution < -0.4 is 10.0 Å². The molecule has 2 aliphatic rings. The van der Waals surface area contributed by atoms with Gasteiger partial charge in [0, 0.05) is 13.1 Å². The van der Waals surface area contributed by atoms with Crippen LogP contribution in [0.3, 0.4) is 0 Å². The molecule has 160 valence electrons. The second-order valence-electron chi connectivity index (χ2n) is 7.84. The van der Waals surface area contributed by atoms with E-state index in [2.05, 4.69) is 15.2 Å². The van der Waals surface area contributed by atoms with Gasteiger partial charge in [0.2, 0.25) is 15.9 Å². The number of sulfonamides is 1.